The van der Waals surface area contributed by atoms with Crippen LogP contribution in [0.5, 0.6) is 0 Å². The average molecular weight is 471 g/mol. The number of amides is 2. The number of hydrogen-bond acceptors (Lipinski definition) is 5. The van der Waals surface area contributed by atoms with Crippen LogP contribution in [0.2, 0.25) is 0 Å². The highest BCUT2D eigenvalue weighted by molar-refractivity contribution is 7.88. The molecule has 4 rings (SSSR count). The highest BCUT2D eigenvalue weighted by Crippen LogP contribution is 2.23. The van der Waals surface area contributed by atoms with Crippen molar-refractivity contribution in [1.82, 2.24) is 9.21 Å². The van der Waals surface area contributed by atoms with E-state index in [1.807, 2.05) is 54.6 Å². The molecule has 8 nitrogen and oxygen atoms in total. The number of hydrogen-bond donors (Lipinski definition) is 1. The largest absolute Gasteiger partial charge is 0.326 e. The van der Waals surface area contributed by atoms with Gasteiger partial charge in [-0.25, -0.2) is 8.42 Å². The Bertz CT molecular complexity index is 1070. The zero-order valence-corrected chi connectivity index (χ0v) is 19.5. The molecule has 2 aliphatic heterocycles. The lowest BCUT2D eigenvalue weighted by atomic mass is 10.2. The van der Waals surface area contributed by atoms with E-state index >= 15 is 0 Å². The van der Waals surface area contributed by atoms with Gasteiger partial charge in [-0.1, -0.05) is 30.3 Å². The quantitative estimate of drug-likeness (QED) is 0.639. The molecule has 0 spiro atoms. The zero-order valence-electron chi connectivity index (χ0n) is 18.7. The molecular formula is C24H30N4O4S. The Balaban J connectivity index is 1.19. The lowest BCUT2D eigenvalue weighted by Crippen LogP contribution is -2.49. The molecule has 0 unspecified atom stereocenters. The van der Waals surface area contributed by atoms with Crippen LogP contribution < -0.4 is 10.2 Å². The van der Waals surface area contributed by atoms with Crippen molar-refractivity contribution in [2.75, 3.05) is 49.5 Å². The summed E-state index contributed by atoms with van der Waals surface area (Å²) in [5.41, 5.74) is 2.35. The van der Waals surface area contributed by atoms with Crippen LogP contribution in [0.25, 0.3) is 0 Å². The first-order valence-corrected chi connectivity index (χ1v) is 13.0. The van der Waals surface area contributed by atoms with Crippen LogP contribution in [0, 0.1) is 0 Å². The predicted molar refractivity (Wildman–Crippen MR) is 128 cm³/mol. The normalized spacial score (nSPS) is 17.9. The molecule has 2 amide bonds. The first-order chi connectivity index (χ1) is 15.9. The third kappa shape index (κ3) is 6.19. The van der Waals surface area contributed by atoms with E-state index in [0.29, 0.717) is 51.3 Å². The number of nitrogens with one attached hydrogen (secondary N) is 1. The van der Waals surface area contributed by atoms with Gasteiger partial charge in [0.2, 0.25) is 21.8 Å². The number of nitrogens with zero attached hydrogens (tertiary/aromatic N) is 3. The van der Waals surface area contributed by atoms with E-state index in [4.69, 9.17) is 0 Å². The summed E-state index contributed by atoms with van der Waals surface area (Å²) in [5, 5.41) is 2.90. The molecule has 2 aromatic carbocycles. The number of sulfonamides is 1. The van der Waals surface area contributed by atoms with Crippen molar-refractivity contribution in [2.24, 2.45) is 0 Å². The maximum Gasteiger partial charge on any atom is 0.227 e. The summed E-state index contributed by atoms with van der Waals surface area (Å²) in [5.74, 6) is 0.0694. The van der Waals surface area contributed by atoms with Crippen LogP contribution >= 0.6 is 0 Å². The van der Waals surface area contributed by atoms with Gasteiger partial charge in [0, 0.05) is 63.5 Å². The molecule has 1 N–H and O–H groups in total. The molecule has 9 heteroatoms. The minimum Gasteiger partial charge on any atom is -0.326 e. The highest BCUT2D eigenvalue weighted by Gasteiger charge is 2.27. The van der Waals surface area contributed by atoms with E-state index in [9.17, 15) is 18.0 Å². The molecular weight excluding hydrogens is 440 g/mol. The summed E-state index contributed by atoms with van der Waals surface area (Å²) in [7, 11) is -3.34. The van der Waals surface area contributed by atoms with Gasteiger partial charge in [0.1, 0.15) is 0 Å². The van der Waals surface area contributed by atoms with E-state index in [2.05, 4.69) is 10.2 Å². The molecule has 176 valence electrons. The van der Waals surface area contributed by atoms with Gasteiger partial charge >= 0.3 is 0 Å². The molecule has 2 heterocycles. The number of carbonyl (C=O) groups excluding carboxylic acids is 2. The van der Waals surface area contributed by atoms with Crippen LogP contribution in [0.15, 0.2) is 54.6 Å². The zero-order chi connectivity index (χ0) is 23.3. The lowest BCUT2D eigenvalue weighted by Gasteiger charge is -2.33. The Labute approximate surface area is 195 Å². The molecule has 0 aromatic heterocycles. The van der Waals surface area contributed by atoms with Crippen molar-refractivity contribution in [2.45, 2.75) is 25.0 Å². The van der Waals surface area contributed by atoms with Crippen molar-refractivity contribution < 1.29 is 18.0 Å². The first-order valence-electron chi connectivity index (χ1n) is 11.4. The summed E-state index contributed by atoms with van der Waals surface area (Å²) >= 11 is 0. The summed E-state index contributed by atoms with van der Waals surface area (Å²) in [4.78, 5) is 28.1. The Morgan fingerprint density at radius 2 is 1.61 bits per heavy atom. The van der Waals surface area contributed by atoms with Crippen LogP contribution in [0.3, 0.4) is 0 Å². The van der Waals surface area contributed by atoms with Crippen molar-refractivity contribution in [3.63, 3.8) is 0 Å². The first kappa shape index (κ1) is 23.4. The molecule has 0 atom stereocenters. The van der Waals surface area contributed by atoms with Gasteiger partial charge in [-0.3, -0.25) is 9.59 Å². The second-order valence-corrected chi connectivity index (χ2v) is 10.4. The minimum absolute atomic E-state index is 0.0148. The Hall–Kier alpha value is -2.75. The van der Waals surface area contributed by atoms with Gasteiger partial charge in [-0.2, -0.15) is 4.31 Å². The number of piperazine rings is 1. The van der Waals surface area contributed by atoms with E-state index in [1.165, 1.54) is 0 Å². The van der Waals surface area contributed by atoms with Gasteiger partial charge in [0.25, 0.3) is 0 Å². The maximum absolute atomic E-state index is 12.7. The number of rotatable bonds is 8. The fraction of sp³-hybridized carbons (Fsp3) is 0.417. The fourth-order valence-electron chi connectivity index (χ4n) is 4.24. The fourth-order valence-corrected chi connectivity index (χ4v) is 5.75. The van der Waals surface area contributed by atoms with Gasteiger partial charge in [0.15, 0.2) is 0 Å². The van der Waals surface area contributed by atoms with Gasteiger partial charge in [0.05, 0.1) is 5.75 Å². The standard InChI is InChI=1S/C24H30N4O4S/c29-23(25-21-8-10-22(11-9-21)28-13-4-7-24(28)30)12-14-26-15-17-27(18-16-26)33(31,32)19-20-5-2-1-3-6-20/h1-3,5-6,8-11H,4,7,12-19H2,(H,25,29). The van der Waals surface area contributed by atoms with Gasteiger partial charge in [-0.15, -0.1) is 0 Å². The molecule has 33 heavy (non-hydrogen) atoms. The summed E-state index contributed by atoms with van der Waals surface area (Å²) < 4.78 is 26.9. The van der Waals surface area contributed by atoms with E-state index in [1.54, 1.807) is 9.21 Å². The van der Waals surface area contributed by atoms with Crippen LogP contribution in [0.1, 0.15) is 24.8 Å². The van der Waals surface area contributed by atoms with Crippen LogP contribution in [-0.4, -0.2) is 68.7 Å². The summed E-state index contributed by atoms with van der Waals surface area (Å²) in [6, 6.07) is 16.5. The topological polar surface area (TPSA) is 90.0 Å². The summed E-state index contributed by atoms with van der Waals surface area (Å²) in [6.45, 7) is 3.42. The SMILES string of the molecule is O=C(CCN1CCN(S(=O)(=O)Cc2ccccc2)CC1)Nc1ccc(N2CCCC2=O)cc1. The van der Waals surface area contributed by atoms with E-state index in [-0.39, 0.29) is 17.6 Å². The Morgan fingerprint density at radius 3 is 2.24 bits per heavy atom. The van der Waals surface area contributed by atoms with Crippen molar-refractivity contribution in [3.8, 4) is 0 Å². The predicted octanol–water partition coefficient (Wildman–Crippen LogP) is 2.29. The van der Waals surface area contributed by atoms with Gasteiger partial charge < -0.3 is 15.1 Å². The van der Waals surface area contributed by atoms with E-state index in [0.717, 1.165) is 24.2 Å². The molecule has 2 fully saturated rings. The molecule has 0 radical (unpaired) electrons. The molecule has 2 aliphatic rings. The third-order valence-electron chi connectivity index (χ3n) is 6.11. The molecule has 0 aliphatic carbocycles. The number of anilines is 2. The molecule has 2 aromatic rings. The monoisotopic (exact) mass is 470 g/mol. The van der Waals surface area contributed by atoms with E-state index < -0.39 is 10.0 Å². The van der Waals surface area contributed by atoms with Crippen LogP contribution in [-0.2, 0) is 25.4 Å². The highest BCUT2D eigenvalue weighted by atomic mass is 32.2. The van der Waals surface area contributed by atoms with Crippen LogP contribution in [0.4, 0.5) is 11.4 Å². The molecule has 0 bridgehead atoms. The second-order valence-electron chi connectivity index (χ2n) is 8.48. The summed E-state index contributed by atoms with van der Waals surface area (Å²) in [6.07, 6.45) is 1.80. The lowest BCUT2D eigenvalue weighted by molar-refractivity contribution is -0.117. The smallest absolute Gasteiger partial charge is 0.227 e. The van der Waals surface area contributed by atoms with Gasteiger partial charge in [-0.05, 0) is 36.2 Å². The molecule has 0 saturated carbocycles. The number of benzene rings is 2. The minimum atomic E-state index is -3.34. The van der Waals surface area contributed by atoms with Crippen molar-refractivity contribution >= 4 is 33.2 Å². The Morgan fingerprint density at radius 1 is 0.909 bits per heavy atom. The van der Waals surface area contributed by atoms with Crippen molar-refractivity contribution in [3.05, 3.63) is 60.2 Å². The van der Waals surface area contributed by atoms with Crippen molar-refractivity contribution in [1.29, 1.82) is 0 Å². The Kier molecular flexibility index (Phi) is 7.42. The molecule has 2 saturated heterocycles. The third-order valence-corrected chi connectivity index (χ3v) is 7.96. The number of carbonyl (C=O) groups is 2. The second kappa shape index (κ2) is 10.5. The average Bonchev–Trinajstić information content (AvgIpc) is 3.25. The maximum atomic E-state index is 12.7.